The van der Waals surface area contributed by atoms with E-state index in [1.807, 2.05) is 23.7 Å². The number of hydrogen-bond acceptors (Lipinski definition) is 7. The summed E-state index contributed by atoms with van der Waals surface area (Å²) in [7, 11) is 1.75. The van der Waals surface area contributed by atoms with Crippen LogP contribution in [0.1, 0.15) is 44.6 Å². The Hall–Kier alpha value is -3.71. The highest BCUT2D eigenvalue weighted by atomic mass is 16.1. The molecule has 1 unspecified atom stereocenters. The van der Waals surface area contributed by atoms with Crippen molar-refractivity contribution in [3.8, 4) is 6.07 Å². The Morgan fingerprint density at radius 3 is 2.80 bits per heavy atom. The lowest BCUT2D eigenvalue weighted by Gasteiger charge is -2.48. The number of pyridine rings is 1. The van der Waals surface area contributed by atoms with E-state index >= 15 is 0 Å². The van der Waals surface area contributed by atoms with Gasteiger partial charge in [0.15, 0.2) is 5.65 Å². The molecule has 0 N–H and O–H groups in total. The molecule has 0 radical (unpaired) electrons. The maximum atomic E-state index is 12.8. The highest BCUT2D eigenvalue weighted by Crippen LogP contribution is 2.33. The number of aromatic nitrogens is 6. The Morgan fingerprint density at radius 2 is 2.06 bits per heavy atom. The summed E-state index contributed by atoms with van der Waals surface area (Å²) in [6.07, 6.45) is 4.73. The Kier molecular flexibility index (Phi) is 5.81. The first-order valence-electron chi connectivity index (χ1n) is 12.1. The second-order valence-electron chi connectivity index (χ2n) is 9.52. The topological polar surface area (TPSA) is 100 Å². The van der Waals surface area contributed by atoms with Crippen LogP contribution in [0.25, 0.3) is 16.7 Å². The van der Waals surface area contributed by atoms with Crippen molar-refractivity contribution in [2.45, 2.75) is 58.8 Å². The van der Waals surface area contributed by atoms with E-state index in [-0.39, 0.29) is 30.2 Å². The van der Waals surface area contributed by atoms with Crippen LogP contribution in [0.3, 0.4) is 0 Å². The minimum atomic E-state index is -0.0753. The number of nitrogens with zero attached hydrogens (tertiary/aromatic N) is 9. The molecule has 10 heteroatoms. The van der Waals surface area contributed by atoms with Crippen LogP contribution in [0.2, 0.25) is 0 Å². The molecule has 1 fully saturated rings. The molecule has 3 atom stereocenters. The van der Waals surface area contributed by atoms with Gasteiger partial charge in [0, 0.05) is 56.6 Å². The molecule has 0 aromatic carbocycles. The lowest BCUT2D eigenvalue weighted by atomic mass is 10.00. The van der Waals surface area contributed by atoms with E-state index in [2.05, 4.69) is 52.9 Å². The molecule has 10 nitrogen and oxygen atoms in total. The van der Waals surface area contributed by atoms with Crippen LogP contribution in [0.4, 0.5) is 5.69 Å². The van der Waals surface area contributed by atoms with Crippen molar-refractivity contribution in [3.63, 3.8) is 0 Å². The van der Waals surface area contributed by atoms with Gasteiger partial charge >= 0.3 is 0 Å². The van der Waals surface area contributed by atoms with Crippen molar-refractivity contribution in [1.82, 2.24) is 33.8 Å². The van der Waals surface area contributed by atoms with Gasteiger partial charge in [0.05, 0.1) is 34.9 Å². The molecule has 4 aromatic heterocycles. The quantitative estimate of drug-likeness (QED) is 0.439. The van der Waals surface area contributed by atoms with Crippen molar-refractivity contribution in [2.75, 3.05) is 18.0 Å². The zero-order valence-corrected chi connectivity index (χ0v) is 20.9. The lowest BCUT2D eigenvalue weighted by molar-refractivity contribution is 0.104. The second-order valence-corrected chi connectivity index (χ2v) is 9.52. The van der Waals surface area contributed by atoms with Crippen molar-refractivity contribution >= 4 is 22.4 Å². The van der Waals surface area contributed by atoms with E-state index in [1.54, 1.807) is 28.6 Å². The van der Waals surface area contributed by atoms with Crippen molar-refractivity contribution in [3.05, 3.63) is 52.3 Å². The minimum Gasteiger partial charge on any atom is -0.364 e. The van der Waals surface area contributed by atoms with E-state index in [4.69, 9.17) is 10.2 Å². The molecule has 0 saturated carbocycles. The molecule has 1 saturated heterocycles. The first-order chi connectivity index (χ1) is 16.8. The number of rotatable bonds is 5. The second kappa shape index (κ2) is 8.82. The Labute approximate surface area is 204 Å². The van der Waals surface area contributed by atoms with Crippen molar-refractivity contribution in [1.29, 1.82) is 5.26 Å². The maximum absolute atomic E-state index is 12.8. The highest BCUT2D eigenvalue weighted by molar-refractivity contribution is 5.88. The SMILES string of the molecule is CC[C@@H]1CN(c2cc(=O)n(C)c3cn(CC#N)nc23)[C@@H](C)CN1C(C)c1ccn2nc(C)cc2n1. The van der Waals surface area contributed by atoms with Gasteiger partial charge in [-0.15, -0.1) is 0 Å². The predicted molar refractivity (Wildman–Crippen MR) is 134 cm³/mol. The third kappa shape index (κ3) is 3.96. The van der Waals surface area contributed by atoms with Gasteiger partial charge in [-0.2, -0.15) is 15.5 Å². The average molecular weight is 474 g/mol. The van der Waals surface area contributed by atoms with E-state index < -0.39 is 0 Å². The lowest BCUT2D eigenvalue weighted by Crippen LogP contribution is -2.58. The van der Waals surface area contributed by atoms with Gasteiger partial charge in [-0.25, -0.2) is 9.50 Å². The highest BCUT2D eigenvalue weighted by Gasteiger charge is 2.35. The standard InChI is InChI=1S/C25H31N9O/c1-6-19-14-32(21-12-24(35)30(5)22-15-31(10-8-26)29-25(21)22)17(3)13-33(19)18(4)20-7-9-34-23(27-20)11-16(2)28-34/h7,9,11-12,15,17-19H,6,10,13-14H2,1-5H3/t17-,18?,19+/m0/s1. The minimum absolute atomic E-state index is 0.0753. The molecule has 0 amide bonds. The van der Waals surface area contributed by atoms with Gasteiger partial charge in [-0.1, -0.05) is 6.92 Å². The van der Waals surface area contributed by atoms with Gasteiger partial charge in [0.1, 0.15) is 12.1 Å². The van der Waals surface area contributed by atoms with Crippen LogP contribution < -0.4 is 10.5 Å². The first-order valence-corrected chi connectivity index (χ1v) is 12.1. The van der Waals surface area contributed by atoms with Gasteiger partial charge in [0.2, 0.25) is 0 Å². The largest absolute Gasteiger partial charge is 0.364 e. The number of aryl methyl sites for hydroxylation is 2. The summed E-state index contributed by atoms with van der Waals surface area (Å²) in [4.78, 5) is 22.5. The normalized spacial score (nSPS) is 19.9. The summed E-state index contributed by atoms with van der Waals surface area (Å²) in [6.45, 7) is 10.4. The fourth-order valence-corrected chi connectivity index (χ4v) is 5.27. The molecule has 1 aliphatic rings. The number of anilines is 1. The van der Waals surface area contributed by atoms with Crippen LogP contribution >= 0.6 is 0 Å². The average Bonchev–Trinajstić information content (AvgIpc) is 3.43. The molecule has 0 aliphatic carbocycles. The number of piperazine rings is 1. The van der Waals surface area contributed by atoms with Gasteiger partial charge in [0.25, 0.3) is 5.56 Å². The monoisotopic (exact) mass is 473 g/mol. The summed E-state index contributed by atoms with van der Waals surface area (Å²) >= 11 is 0. The molecule has 5 rings (SSSR count). The van der Waals surface area contributed by atoms with E-state index in [0.717, 1.165) is 53.3 Å². The molecule has 5 heterocycles. The third-order valence-corrected chi connectivity index (χ3v) is 7.23. The molecular weight excluding hydrogens is 442 g/mol. The molecule has 35 heavy (non-hydrogen) atoms. The zero-order chi connectivity index (χ0) is 24.9. The molecule has 0 spiro atoms. The summed E-state index contributed by atoms with van der Waals surface area (Å²) in [6, 6.07) is 8.46. The summed E-state index contributed by atoms with van der Waals surface area (Å²) in [5, 5.41) is 18.2. The molecule has 0 bridgehead atoms. The van der Waals surface area contributed by atoms with Crippen molar-refractivity contribution in [2.24, 2.45) is 7.05 Å². The van der Waals surface area contributed by atoms with Crippen LogP contribution in [-0.2, 0) is 13.6 Å². The molecular formula is C25H31N9O. The van der Waals surface area contributed by atoms with Gasteiger partial charge in [-0.3, -0.25) is 14.4 Å². The van der Waals surface area contributed by atoms with E-state index in [0.29, 0.717) is 0 Å². The van der Waals surface area contributed by atoms with E-state index in [9.17, 15) is 4.79 Å². The van der Waals surface area contributed by atoms with Crippen molar-refractivity contribution < 1.29 is 0 Å². The molecule has 182 valence electrons. The number of nitriles is 1. The van der Waals surface area contributed by atoms with Crippen LogP contribution in [0.15, 0.2) is 35.4 Å². The summed E-state index contributed by atoms with van der Waals surface area (Å²) < 4.78 is 5.02. The number of hydrogen-bond donors (Lipinski definition) is 0. The summed E-state index contributed by atoms with van der Waals surface area (Å²) in [5.74, 6) is 0. The molecule has 4 aromatic rings. The molecule has 1 aliphatic heterocycles. The van der Waals surface area contributed by atoms with Gasteiger partial charge < -0.3 is 9.47 Å². The smallest absolute Gasteiger partial charge is 0.252 e. The maximum Gasteiger partial charge on any atom is 0.252 e. The van der Waals surface area contributed by atoms with Crippen LogP contribution in [0.5, 0.6) is 0 Å². The third-order valence-electron chi connectivity index (χ3n) is 7.23. The Morgan fingerprint density at radius 1 is 1.26 bits per heavy atom. The fraction of sp³-hybridized carbons (Fsp3) is 0.480. The fourth-order valence-electron chi connectivity index (χ4n) is 5.27. The Balaban J connectivity index is 1.48. The Bertz CT molecular complexity index is 1490. The predicted octanol–water partition coefficient (Wildman–Crippen LogP) is 2.66. The van der Waals surface area contributed by atoms with Crippen LogP contribution in [-0.4, -0.2) is 59.0 Å². The zero-order valence-electron chi connectivity index (χ0n) is 20.9. The number of fused-ring (bicyclic) bond motifs is 2. The summed E-state index contributed by atoms with van der Waals surface area (Å²) in [5.41, 5.74) is 5.11. The van der Waals surface area contributed by atoms with E-state index in [1.165, 1.54) is 0 Å². The first kappa shape index (κ1) is 23.1. The van der Waals surface area contributed by atoms with Gasteiger partial charge in [-0.05, 0) is 33.3 Å². The van der Waals surface area contributed by atoms with Crippen LogP contribution in [0, 0.1) is 18.3 Å².